The van der Waals surface area contributed by atoms with E-state index in [0.29, 0.717) is 12.5 Å². The van der Waals surface area contributed by atoms with Crippen LogP contribution in [0.15, 0.2) is 24.3 Å². The molecule has 1 aromatic carbocycles. The maximum absolute atomic E-state index is 8.97. The maximum atomic E-state index is 8.97. The van der Waals surface area contributed by atoms with Crippen LogP contribution in [0.3, 0.4) is 0 Å². The van der Waals surface area contributed by atoms with Gasteiger partial charge in [0.15, 0.2) is 0 Å². The Balaban J connectivity index is 2.70. The lowest BCUT2D eigenvalue weighted by Crippen LogP contribution is -2.33. The first-order valence-corrected chi connectivity index (χ1v) is 6.57. The summed E-state index contributed by atoms with van der Waals surface area (Å²) < 4.78 is 5.78. The Morgan fingerprint density at radius 2 is 2.06 bits per heavy atom. The summed E-state index contributed by atoms with van der Waals surface area (Å²) in [5, 5.41) is 12.0. The zero-order valence-electron chi connectivity index (χ0n) is 11.4. The molecule has 0 aliphatic heterocycles. The van der Waals surface area contributed by atoms with E-state index < -0.39 is 0 Å². The van der Waals surface area contributed by atoms with E-state index in [4.69, 9.17) is 10.00 Å². The summed E-state index contributed by atoms with van der Waals surface area (Å²) in [5.74, 6) is 1.37. The van der Waals surface area contributed by atoms with Crippen molar-refractivity contribution in [3.05, 3.63) is 29.8 Å². The summed E-state index contributed by atoms with van der Waals surface area (Å²) in [6.45, 7) is 7.50. The molecule has 0 saturated heterocycles. The summed E-state index contributed by atoms with van der Waals surface area (Å²) in [5.41, 5.74) is 1.22. The smallest absolute Gasteiger partial charge is 0.130 e. The molecule has 1 rings (SSSR count). The first-order valence-electron chi connectivity index (χ1n) is 6.57. The van der Waals surface area contributed by atoms with Crippen molar-refractivity contribution in [1.82, 2.24) is 5.32 Å². The maximum Gasteiger partial charge on any atom is 0.130 e. The van der Waals surface area contributed by atoms with E-state index in [1.165, 1.54) is 5.56 Å². The number of hydrogen-bond acceptors (Lipinski definition) is 3. The monoisotopic (exact) mass is 246 g/mol. The van der Waals surface area contributed by atoms with Gasteiger partial charge < -0.3 is 4.74 Å². The van der Waals surface area contributed by atoms with Gasteiger partial charge in [-0.1, -0.05) is 39.0 Å². The van der Waals surface area contributed by atoms with Crippen molar-refractivity contribution in [3.8, 4) is 11.8 Å². The summed E-state index contributed by atoms with van der Waals surface area (Å²) in [6.07, 6.45) is 1.08. The lowest BCUT2D eigenvalue weighted by atomic mass is 9.98. The van der Waals surface area contributed by atoms with Crippen LogP contribution >= 0.6 is 0 Å². The van der Waals surface area contributed by atoms with Gasteiger partial charge in [-0.05, 0) is 30.5 Å². The highest BCUT2D eigenvalue weighted by molar-refractivity contribution is 5.35. The molecule has 1 aromatic rings. The van der Waals surface area contributed by atoms with Crippen LogP contribution in [0.2, 0.25) is 0 Å². The van der Waals surface area contributed by atoms with Crippen molar-refractivity contribution < 1.29 is 4.74 Å². The molecule has 2 atom stereocenters. The van der Waals surface area contributed by atoms with E-state index in [-0.39, 0.29) is 6.04 Å². The Morgan fingerprint density at radius 1 is 1.33 bits per heavy atom. The Kier molecular flexibility index (Phi) is 6.24. The van der Waals surface area contributed by atoms with Crippen LogP contribution < -0.4 is 10.1 Å². The standard InChI is InChI=1S/C15H22N2O/c1-4-12(3)14-8-6-7-9-15(14)18-11-13(10-16)17-5-2/h6-9,12-13,17H,4-5,11H2,1-3H3. The molecule has 18 heavy (non-hydrogen) atoms. The molecule has 0 aliphatic carbocycles. The molecule has 0 fully saturated rings. The lowest BCUT2D eigenvalue weighted by Gasteiger charge is -2.17. The number of nitriles is 1. The minimum absolute atomic E-state index is 0.250. The molecule has 0 aliphatic rings. The van der Waals surface area contributed by atoms with Crippen LogP contribution in [-0.4, -0.2) is 19.2 Å². The third-order valence-corrected chi connectivity index (χ3v) is 3.07. The SMILES string of the molecule is CCNC(C#N)COc1ccccc1C(C)CC. The largest absolute Gasteiger partial charge is 0.491 e. The zero-order valence-corrected chi connectivity index (χ0v) is 11.4. The number of benzene rings is 1. The fraction of sp³-hybridized carbons (Fsp3) is 0.533. The number of nitrogens with one attached hydrogen (secondary N) is 1. The summed E-state index contributed by atoms with van der Waals surface area (Å²) in [6, 6.07) is 10.0. The van der Waals surface area contributed by atoms with Gasteiger partial charge in [-0.3, -0.25) is 5.32 Å². The summed E-state index contributed by atoms with van der Waals surface area (Å²) in [7, 11) is 0. The second-order valence-corrected chi connectivity index (χ2v) is 4.40. The minimum atomic E-state index is -0.250. The molecular weight excluding hydrogens is 224 g/mol. The van der Waals surface area contributed by atoms with Crippen molar-refractivity contribution >= 4 is 0 Å². The lowest BCUT2D eigenvalue weighted by molar-refractivity contribution is 0.287. The molecule has 0 bridgehead atoms. The summed E-state index contributed by atoms with van der Waals surface area (Å²) >= 11 is 0. The Bertz CT molecular complexity index is 398. The number of rotatable bonds is 7. The first kappa shape index (κ1) is 14.5. The zero-order chi connectivity index (χ0) is 13.4. The Labute approximate surface area is 110 Å². The highest BCUT2D eigenvalue weighted by Crippen LogP contribution is 2.28. The Hall–Kier alpha value is -1.53. The number of ether oxygens (including phenoxy) is 1. The van der Waals surface area contributed by atoms with Crippen LogP contribution in [0.1, 0.15) is 38.7 Å². The van der Waals surface area contributed by atoms with E-state index in [1.807, 2.05) is 25.1 Å². The van der Waals surface area contributed by atoms with Gasteiger partial charge in [-0.15, -0.1) is 0 Å². The van der Waals surface area contributed by atoms with Crippen molar-refractivity contribution in [1.29, 1.82) is 5.26 Å². The van der Waals surface area contributed by atoms with Gasteiger partial charge in [0.1, 0.15) is 18.4 Å². The predicted molar refractivity (Wildman–Crippen MR) is 73.7 cm³/mol. The highest BCUT2D eigenvalue weighted by Gasteiger charge is 2.11. The van der Waals surface area contributed by atoms with Gasteiger partial charge in [0, 0.05) is 0 Å². The molecule has 98 valence electrons. The van der Waals surface area contributed by atoms with E-state index in [2.05, 4.69) is 31.3 Å². The predicted octanol–water partition coefficient (Wildman–Crippen LogP) is 3.08. The quantitative estimate of drug-likeness (QED) is 0.804. The first-order chi connectivity index (χ1) is 8.72. The number of hydrogen-bond donors (Lipinski definition) is 1. The molecule has 3 nitrogen and oxygen atoms in total. The van der Waals surface area contributed by atoms with Gasteiger partial charge in [-0.25, -0.2) is 0 Å². The topological polar surface area (TPSA) is 45.0 Å². The Morgan fingerprint density at radius 3 is 2.67 bits per heavy atom. The molecule has 0 spiro atoms. The molecule has 0 saturated carbocycles. The molecule has 2 unspecified atom stereocenters. The molecular formula is C15H22N2O. The molecule has 0 heterocycles. The van der Waals surface area contributed by atoms with Crippen molar-refractivity contribution in [2.45, 2.75) is 39.2 Å². The normalized spacial score (nSPS) is 13.7. The van der Waals surface area contributed by atoms with Gasteiger partial charge in [-0.2, -0.15) is 5.26 Å². The third kappa shape index (κ3) is 4.05. The molecule has 1 N–H and O–H groups in total. The van der Waals surface area contributed by atoms with E-state index in [1.54, 1.807) is 0 Å². The minimum Gasteiger partial charge on any atom is -0.491 e. The van der Waals surface area contributed by atoms with E-state index in [0.717, 1.165) is 18.7 Å². The van der Waals surface area contributed by atoms with Crippen LogP contribution in [0.4, 0.5) is 0 Å². The third-order valence-electron chi connectivity index (χ3n) is 3.07. The molecule has 0 aromatic heterocycles. The number of likely N-dealkylation sites (N-methyl/N-ethyl adjacent to an activating group) is 1. The van der Waals surface area contributed by atoms with Gasteiger partial charge in [0.25, 0.3) is 0 Å². The fourth-order valence-electron chi connectivity index (χ4n) is 1.80. The average molecular weight is 246 g/mol. The average Bonchev–Trinajstić information content (AvgIpc) is 2.43. The van der Waals surface area contributed by atoms with Crippen molar-refractivity contribution in [2.24, 2.45) is 0 Å². The molecule has 3 heteroatoms. The molecule has 0 radical (unpaired) electrons. The van der Waals surface area contributed by atoms with Crippen molar-refractivity contribution in [2.75, 3.05) is 13.2 Å². The number of nitrogens with zero attached hydrogens (tertiary/aromatic N) is 1. The summed E-state index contributed by atoms with van der Waals surface area (Å²) in [4.78, 5) is 0. The van der Waals surface area contributed by atoms with Crippen LogP contribution in [0, 0.1) is 11.3 Å². The van der Waals surface area contributed by atoms with Crippen LogP contribution in [-0.2, 0) is 0 Å². The van der Waals surface area contributed by atoms with E-state index >= 15 is 0 Å². The van der Waals surface area contributed by atoms with Gasteiger partial charge >= 0.3 is 0 Å². The van der Waals surface area contributed by atoms with Gasteiger partial charge in [0.2, 0.25) is 0 Å². The van der Waals surface area contributed by atoms with Gasteiger partial charge in [0.05, 0.1) is 6.07 Å². The van der Waals surface area contributed by atoms with E-state index in [9.17, 15) is 0 Å². The molecule has 0 amide bonds. The highest BCUT2D eigenvalue weighted by atomic mass is 16.5. The van der Waals surface area contributed by atoms with Crippen LogP contribution in [0.5, 0.6) is 5.75 Å². The van der Waals surface area contributed by atoms with Crippen molar-refractivity contribution in [3.63, 3.8) is 0 Å². The second-order valence-electron chi connectivity index (χ2n) is 4.40. The number of para-hydroxylation sites is 1. The fourth-order valence-corrected chi connectivity index (χ4v) is 1.80. The second kappa shape index (κ2) is 7.73. The van der Waals surface area contributed by atoms with Crippen LogP contribution in [0.25, 0.3) is 0 Å².